The number of fused-ring (bicyclic) bond motifs is 2. The van der Waals surface area contributed by atoms with Crippen molar-refractivity contribution in [3.63, 3.8) is 0 Å². The van der Waals surface area contributed by atoms with Gasteiger partial charge in [-0.3, -0.25) is 9.58 Å². The molecule has 3 aromatic rings. The Bertz CT molecular complexity index is 1140. The van der Waals surface area contributed by atoms with Crippen molar-refractivity contribution in [3.8, 4) is 11.5 Å². The molecule has 0 unspecified atom stereocenters. The highest BCUT2D eigenvalue weighted by Gasteiger charge is 2.30. The van der Waals surface area contributed by atoms with Gasteiger partial charge in [0.25, 0.3) is 0 Å². The van der Waals surface area contributed by atoms with Crippen LogP contribution in [0, 0.1) is 6.92 Å². The van der Waals surface area contributed by atoms with Gasteiger partial charge in [0.05, 0.1) is 17.8 Å². The molecule has 2 aromatic heterocycles. The van der Waals surface area contributed by atoms with E-state index in [1.54, 1.807) is 11.3 Å². The molecule has 0 saturated carbocycles. The average Bonchev–Trinajstić information content (AvgIpc) is 3.51. The number of nitrogens with zero attached hydrogens (tertiary/aromatic N) is 4. The molecule has 0 saturated heterocycles. The number of esters is 1. The van der Waals surface area contributed by atoms with Gasteiger partial charge in [0.1, 0.15) is 0 Å². The fourth-order valence-corrected chi connectivity index (χ4v) is 5.13. The van der Waals surface area contributed by atoms with Crippen LogP contribution in [0.15, 0.2) is 23.7 Å². The minimum absolute atomic E-state index is 0.259. The number of carbonyl (C=O) groups is 1. The lowest BCUT2D eigenvalue weighted by Gasteiger charge is -2.28. The quantitative estimate of drug-likeness (QED) is 0.507. The molecule has 32 heavy (non-hydrogen) atoms. The Morgan fingerprint density at radius 1 is 1.31 bits per heavy atom. The van der Waals surface area contributed by atoms with Gasteiger partial charge in [0.15, 0.2) is 17.2 Å². The normalized spacial score (nSPS) is 15.1. The zero-order chi connectivity index (χ0) is 22.1. The minimum atomic E-state index is -0.351. The first-order valence-electron chi connectivity index (χ1n) is 10.9. The second kappa shape index (κ2) is 8.91. The Morgan fingerprint density at radius 2 is 2.22 bits per heavy atom. The molecule has 1 aromatic carbocycles. The maximum atomic E-state index is 12.7. The maximum Gasteiger partial charge on any atom is 0.359 e. The third-order valence-corrected chi connectivity index (χ3v) is 6.94. The Labute approximate surface area is 190 Å². The zero-order valence-electron chi connectivity index (χ0n) is 18.3. The summed E-state index contributed by atoms with van der Waals surface area (Å²) in [6.07, 6.45) is 1.68. The Morgan fingerprint density at radius 3 is 3.03 bits per heavy atom. The summed E-state index contributed by atoms with van der Waals surface area (Å²) in [5.41, 5.74) is 6.57. The van der Waals surface area contributed by atoms with Crippen molar-refractivity contribution in [2.45, 2.75) is 46.3 Å². The van der Waals surface area contributed by atoms with E-state index in [1.165, 1.54) is 4.88 Å². The van der Waals surface area contributed by atoms with Gasteiger partial charge in [-0.05, 0) is 19.9 Å². The summed E-state index contributed by atoms with van der Waals surface area (Å²) >= 11 is 1.66. The number of hydrogen-bond donors (Lipinski definition) is 0. The average molecular weight is 455 g/mol. The van der Waals surface area contributed by atoms with Crippen LogP contribution in [-0.2, 0) is 37.2 Å². The van der Waals surface area contributed by atoms with E-state index < -0.39 is 0 Å². The lowest BCUT2D eigenvalue weighted by molar-refractivity contribution is 0.0515. The van der Waals surface area contributed by atoms with Crippen molar-refractivity contribution < 1.29 is 19.0 Å². The van der Waals surface area contributed by atoms with Crippen molar-refractivity contribution in [2.24, 2.45) is 0 Å². The van der Waals surface area contributed by atoms with E-state index in [0.717, 1.165) is 66.5 Å². The van der Waals surface area contributed by atoms with Crippen molar-refractivity contribution in [2.75, 3.05) is 19.9 Å². The van der Waals surface area contributed by atoms with E-state index >= 15 is 0 Å². The summed E-state index contributed by atoms with van der Waals surface area (Å²) < 4.78 is 18.5. The highest BCUT2D eigenvalue weighted by atomic mass is 32.1. The van der Waals surface area contributed by atoms with E-state index in [9.17, 15) is 4.79 Å². The number of ether oxygens (including phenoxy) is 3. The van der Waals surface area contributed by atoms with Gasteiger partial charge in [-0.25, -0.2) is 9.78 Å². The highest BCUT2D eigenvalue weighted by molar-refractivity contribution is 7.09. The van der Waals surface area contributed by atoms with Crippen LogP contribution in [0.25, 0.3) is 0 Å². The Hall–Kier alpha value is -2.91. The van der Waals surface area contributed by atoms with Gasteiger partial charge in [-0.1, -0.05) is 12.1 Å². The Kier molecular flexibility index (Phi) is 5.84. The van der Waals surface area contributed by atoms with E-state index in [2.05, 4.69) is 16.0 Å². The molecule has 0 fully saturated rings. The number of aryl methyl sites for hydroxylation is 3. The van der Waals surface area contributed by atoms with Gasteiger partial charge >= 0.3 is 5.97 Å². The first-order chi connectivity index (χ1) is 15.6. The molecule has 0 spiro atoms. The van der Waals surface area contributed by atoms with Crippen LogP contribution in [-0.4, -0.2) is 45.6 Å². The number of thiazole rings is 1. The largest absolute Gasteiger partial charge is 0.461 e. The molecule has 8 nitrogen and oxygen atoms in total. The summed E-state index contributed by atoms with van der Waals surface area (Å²) in [5.74, 6) is 1.26. The Balaban J connectivity index is 1.38. The summed E-state index contributed by atoms with van der Waals surface area (Å²) in [6.45, 7) is 7.41. The molecular weight excluding hydrogens is 428 g/mol. The molecule has 0 atom stereocenters. The summed E-state index contributed by atoms with van der Waals surface area (Å²) in [5, 5.41) is 4.69. The van der Waals surface area contributed by atoms with Crippen molar-refractivity contribution in [1.29, 1.82) is 0 Å². The molecule has 9 heteroatoms. The summed E-state index contributed by atoms with van der Waals surface area (Å²) in [7, 11) is 0. The van der Waals surface area contributed by atoms with E-state index in [-0.39, 0.29) is 12.8 Å². The highest BCUT2D eigenvalue weighted by Crippen LogP contribution is 2.36. The first-order valence-corrected chi connectivity index (χ1v) is 11.8. The van der Waals surface area contributed by atoms with E-state index in [0.29, 0.717) is 18.8 Å². The molecule has 168 valence electrons. The SMILES string of the molecule is CCOC(=O)c1nn(CCc2scnc2C)c2c1CN(Cc1cccc3c1OCO3)CC2. The molecule has 0 radical (unpaired) electrons. The molecular formula is C23H26N4O4S. The molecule has 0 bridgehead atoms. The summed E-state index contributed by atoms with van der Waals surface area (Å²) in [4.78, 5) is 20.6. The van der Waals surface area contributed by atoms with E-state index in [1.807, 2.05) is 36.2 Å². The number of benzene rings is 1. The molecule has 2 aliphatic heterocycles. The van der Waals surface area contributed by atoms with Gasteiger partial charge in [-0.15, -0.1) is 11.3 Å². The summed E-state index contributed by atoms with van der Waals surface area (Å²) in [6, 6.07) is 5.98. The fourth-order valence-electron chi connectivity index (χ4n) is 4.36. The van der Waals surface area contributed by atoms with Gasteiger partial charge < -0.3 is 14.2 Å². The lowest BCUT2D eigenvalue weighted by atomic mass is 10.0. The lowest BCUT2D eigenvalue weighted by Crippen LogP contribution is -2.31. The minimum Gasteiger partial charge on any atom is -0.461 e. The van der Waals surface area contributed by atoms with Gasteiger partial charge in [-0.2, -0.15) is 5.10 Å². The van der Waals surface area contributed by atoms with Crippen LogP contribution >= 0.6 is 11.3 Å². The number of carbonyl (C=O) groups excluding carboxylic acids is 1. The fraction of sp³-hybridized carbons (Fsp3) is 0.435. The third kappa shape index (κ3) is 3.98. The molecule has 0 amide bonds. The predicted octanol–water partition coefficient (Wildman–Crippen LogP) is 3.35. The van der Waals surface area contributed by atoms with Crippen LogP contribution < -0.4 is 9.47 Å². The molecule has 5 rings (SSSR count). The van der Waals surface area contributed by atoms with Crippen molar-refractivity contribution >= 4 is 17.3 Å². The second-order valence-corrected chi connectivity index (χ2v) is 8.88. The standard InChI is InChI=1S/C23H26N4O4S/c1-3-29-23(28)21-17-12-26(11-16-5-4-6-19-22(16)31-14-30-19)9-7-18(17)27(25-21)10-8-20-15(2)24-13-32-20/h4-6,13H,3,7-12,14H2,1-2H3. The number of aromatic nitrogens is 3. The van der Waals surface area contributed by atoms with Crippen LogP contribution in [0.2, 0.25) is 0 Å². The maximum absolute atomic E-state index is 12.7. The molecule has 2 aliphatic rings. The predicted molar refractivity (Wildman–Crippen MR) is 119 cm³/mol. The molecule has 0 aliphatic carbocycles. The van der Waals surface area contributed by atoms with Gasteiger partial charge in [0, 0.05) is 60.7 Å². The number of rotatable bonds is 7. The monoisotopic (exact) mass is 454 g/mol. The van der Waals surface area contributed by atoms with Gasteiger partial charge in [0.2, 0.25) is 6.79 Å². The smallest absolute Gasteiger partial charge is 0.359 e. The zero-order valence-corrected chi connectivity index (χ0v) is 19.1. The van der Waals surface area contributed by atoms with Crippen LogP contribution in [0.1, 0.15) is 44.8 Å². The topological polar surface area (TPSA) is 78.7 Å². The van der Waals surface area contributed by atoms with Crippen molar-refractivity contribution in [1.82, 2.24) is 19.7 Å². The first kappa shape index (κ1) is 21.0. The van der Waals surface area contributed by atoms with Crippen molar-refractivity contribution in [3.05, 3.63) is 56.8 Å². The second-order valence-electron chi connectivity index (χ2n) is 7.94. The molecule has 0 N–H and O–H groups in total. The van der Waals surface area contributed by atoms with E-state index in [4.69, 9.17) is 19.3 Å². The van der Waals surface area contributed by atoms with Crippen LogP contribution in [0.3, 0.4) is 0 Å². The number of hydrogen-bond acceptors (Lipinski definition) is 8. The third-order valence-electron chi connectivity index (χ3n) is 5.95. The number of para-hydroxylation sites is 1. The molecule has 4 heterocycles. The van der Waals surface area contributed by atoms with Crippen LogP contribution in [0.4, 0.5) is 0 Å². The van der Waals surface area contributed by atoms with Crippen LogP contribution in [0.5, 0.6) is 11.5 Å².